The first-order valence-corrected chi connectivity index (χ1v) is 7.04. The molecular weight excluding hydrogens is 258 g/mol. The van der Waals surface area contributed by atoms with Gasteiger partial charge in [-0.3, -0.25) is 0 Å². The number of hydrogen-bond acceptors (Lipinski definition) is 8. The Balaban J connectivity index is 2.57. The largest absolute Gasteiger partial charge is 0.368 e. The molecular formula is C8H17N7O2S. The van der Waals surface area contributed by atoms with Gasteiger partial charge in [-0.1, -0.05) is 0 Å². The molecule has 1 aromatic heterocycles. The van der Waals surface area contributed by atoms with Gasteiger partial charge in [0.05, 0.1) is 6.26 Å². The average Bonchev–Trinajstić information content (AvgIpc) is 2.22. The summed E-state index contributed by atoms with van der Waals surface area (Å²) in [6.45, 7) is 0.588. The highest BCUT2D eigenvalue weighted by Crippen LogP contribution is 2.08. The van der Waals surface area contributed by atoms with Crippen molar-refractivity contribution in [2.45, 2.75) is 0 Å². The molecule has 0 saturated carbocycles. The van der Waals surface area contributed by atoms with E-state index in [1.54, 1.807) is 19.0 Å². The third-order valence-corrected chi connectivity index (χ3v) is 2.54. The van der Waals surface area contributed by atoms with Crippen LogP contribution in [0.2, 0.25) is 0 Å². The van der Waals surface area contributed by atoms with Gasteiger partial charge >= 0.3 is 0 Å². The van der Waals surface area contributed by atoms with Gasteiger partial charge in [-0.15, -0.1) is 0 Å². The smallest absolute Gasteiger partial charge is 0.231 e. The third kappa shape index (κ3) is 5.10. The summed E-state index contributed by atoms with van der Waals surface area (Å²) in [6, 6.07) is 0. The fourth-order valence-corrected chi connectivity index (χ4v) is 1.54. The van der Waals surface area contributed by atoms with Crippen molar-refractivity contribution < 1.29 is 8.42 Å². The van der Waals surface area contributed by atoms with Crippen molar-refractivity contribution in [3.05, 3.63) is 0 Å². The van der Waals surface area contributed by atoms with Crippen LogP contribution in [0.4, 0.5) is 17.8 Å². The molecule has 0 aliphatic carbocycles. The number of rotatable bonds is 6. The van der Waals surface area contributed by atoms with E-state index in [2.05, 4.69) is 25.0 Å². The summed E-state index contributed by atoms with van der Waals surface area (Å²) in [5, 5.41) is 2.86. The lowest BCUT2D eigenvalue weighted by Gasteiger charge is -2.12. The number of anilines is 3. The third-order valence-electron chi connectivity index (χ3n) is 1.81. The van der Waals surface area contributed by atoms with Crippen LogP contribution in [0.5, 0.6) is 0 Å². The van der Waals surface area contributed by atoms with Crippen LogP contribution >= 0.6 is 0 Å². The molecule has 10 heteroatoms. The van der Waals surface area contributed by atoms with Crippen molar-refractivity contribution in [3.8, 4) is 0 Å². The topological polar surface area (TPSA) is 126 Å². The van der Waals surface area contributed by atoms with E-state index in [1.165, 1.54) is 0 Å². The Morgan fingerprint density at radius 3 is 2.44 bits per heavy atom. The van der Waals surface area contributed by atoms with Crippen LogP contribution in [0.25, 0.3) is 0 Å². The summed E-state index contributed by atoms with van der Waals surface area (Å²) in [5.41, 5.74) is 5.53. The molecule has 1 heterocycles. The molecule has 0 unspecified atom stereocenters. The van der Waals surface area contributed by atoms with Crippen LogP contribution in [-0.4, -0.2) is 56.8 Å². The summed E-state index contributed by atoms with van der Waals surface area (Å²) >= 11 is 0. The number of aromatic nitrogens is 3. The van der Waals surface area contributed by atoms with Gasteiger partial charge in [-0.2, -0.15) is 15.0 Å². The zero-order chi connectivity index (χ0) is 13.8. The Morgan fingerprint density at radius 2 is 1.89 bits per heavy atom. The van der Waals surface area contributed by atoms with E-state index in [0.717, 1.165) is 6.26 Å². The summed E-state index contributed by atoms with van der Waals surface area (Å²) in [5.74, 6) is 0.842. The van der Waals surface area contributed by atoms with Gasteiger partial charge in [0.1, 0.15) is 0 Å². The second kappa shape index (κ2) is 5.78. The molecule has 0 fully saturated rings. The SMILES string of the molecule is CN(C)c1nc(N)nc(NCCNS(C)(=O)=O)n1. The highest BCUT2D eigenvalue weighted by atomic mass is 32.2. The van der Waals surface area contributed by atoms with E-state index in [4.69, 9.17) is 5.73 Å². The van der Waals surface area contributed by atoms with Crippen LogP contribution in [0, 0.1) is 0 Å². The lowest BCUT2D eigenvalue weighted by Crippen LogP contribution is -2.28. The van der Waals surface area contributed by atoms with E-state index in [1.807, 2.05) is 0 Å². The normalized spacial score (nSPS) is 11.3. The standard InChI is InChI=1S/C8H17N7O2S/c1-15(2)8-13-6(9)12-7(14-8)10-4-5-11-18(3,16)17/h11H,4-5H2,1-3H3,(H3,9,10,12,13,14). The lowest BCUT2D eigenvalue weighted by molar-refractivity contribution is 0.589. The number of hydrogen-bond donors (Lipinski definition) is 3. The predicted molar refractivity (Wildman–Crippen MR) is 69.9 cm³/mol. The van der Waals surface area contributed by atoms with Gasteiger partial charge in [-0.25, -0.2) is 13.1 Å². The van der Waals surface area contributed by atoms with Gasteiger partial charge in [0.2, 0.25) is 27.9 Å². The van der Waals surface area contributed by atoms with Gasteiger partial charge < -0.3 is 16.0 Å². The Labute approximate surface area is 106 Å². The minimum Gasteiger partial charge on any atom is -0.368 e. The molecule has 0 aromatic carbocycles. The monoisotopic (exact) mass is 275 g/mol. The second-order valence-corrected chi connectivity index (χ2v) is 5.64. The maximum absolute atomic E-state index is 10.8. The first kappa shape index (κ1) is 14.4. The minimum atomic E-state index is -3.18. The Morgan fingerprint density at radius 1 is 1.22 bits per heavy atom. The Bertz CT molecular complexity index is 502. The van der Waals surface area contributed by atoms with Crippen molar-refractivity contribution in [1.29, 1.82) is 0 Å². The van der Waals surface area contributed by atoms with E-state index in [-0.39, 0.29) is 12.5 Å². The summed E-state index contributed by atoms with van der Waals surface area (Å²) in [7, 11) is 0.379. The number of nitrogen functional groups attached to an aromatic ring is 1. The molecule has 0 aliphatic rings. The molecule has 102 valence electrons. The molecule has 0 atom stereocenters. The molecule has 18 heavy (non-hydrogen) atoms. The molecule has 0 radical (unpaired) electrons. The minimum absolute atomic E-state index is 0.104. The molecule has 0 bridgehead atoms. The van der Waals surface area contributed by atoms with E-state index in [0.29, 0.717) is 18.4 Å². The van der Waals surface area contributed by atoms with Crippen LogP contribution in [0.15, 0.2) is 0 Å². The van der Waals surface area contributed by atoms with Gasteiger partial charge in [-0.05, 0) is 0 Å². The van der Waals surface area contributed by atoms with Crippen molar-refractivity contribution in [3.63, 3.8) is 0 Å². The molecule has 0 spiro atoms. The maximum Gasteiger partial charge on any atom is 0.231 e. The Hall–Kier alpha value is -1.68. The summed E-state index contributed by atoms with van der Waals surface area (Å²) < 4.78 is 24.0. The first-order valence-electron chi connectivity index (χ1n) is 5.15. The number of nitrogens with zero attached hydrogens (tertiary/aromatic N) is 4. The molecule has 9 nitrogen and oxygen atoms in total. The molecule has 1 aromatic rings. The fraction of sp³-hybridized carbons (Fsp3) is 0.625. The Kier molecular flexibility index (Phi) is 4.62. The molecule has 0 saturated heterocycles. The molecule has 0 amide bonds. The number of nitrogens with two attached hydrogens (primary N) is 1. The van der Waals surface area contributed by atoms with Crippen molar-refractivity contribution >= 4 is 27.9 Å². The summed E-state index contributed by atoms with van der Waals surface area (Å²) in [4.78, 5) is 13.6. The van der Waals surface area contributed by atoms with Crippen LogP contribution < -0.4 is 20.7 Å². The van der Waals surface area contributed by atoms with Crippen molar-refractivity contribution in [2.75, 3.05) is 49.4 Å². The number of nitrogens with one attached hydrogen (secondary N) is 2. The maximum atomic E-state index is 10.8. The number of sulfonamides is 1. The highest BCUT2D eigenvalue weighted by Gasteiger charge is 2.05. The van der Waals surface area contributed by atoms with Crippen molar-refractivity contribution in [2.24, 2.45) is 0 Å². The quantitative estimate of drug-likeness (QED) is 0.534. The van der Waals surface area contributed by atoms with Crippen LogP contribution in [-0.2, 0) is 10.0 Å². The summed E-state index contributed by atoms with van der Waals surface area (Å²) in [6.07, 6.45) is 1.10. The average molecular weight is 275 g/mol. The van der Waals surface area contributed by atoms with Gasteiger partial charge in [0.15, 0.2) is 0 Å². The van der Waals surface area contributed by atoms with E-state index in [9.17, 15) is 8.42 Å². The van der Waals surface area contributed by atoms with E-state index < -0.39 is 10.0 Å². The van der Waals surface area contributed by atoms with Gasteiger partial charge in [0, 0.05) is 27.2 Å². The van der Waals surface area contributed by atoms with Crippen LogP contribution in [0.3, 0.4) is 0 Å². The molecule has 0 aliphatic heterocycles. The predicted octanol–water partition coefficient (Wildman–Crippen LogP) is -1.52. The zero-order valence-corrected chi connectivity index (χ0v) is 11.3. The highest BCUT2D eigenvalue weighted by molar-refractivity contribution is 7.88. The van der Waals surface area contributed by atoms with Crippen molar-refractivity contribution in [1.82, 2.24) is 19.7 Å². The molecule has 4 N–H and O–H groups in total. The molecule has 1 rings (SSSR count). The van der Waals surface area contributed by atoms with Crippen LogP contribution in [0.1, 0.15) is 0 Å². The zero-order valence-electron chi connectivity index (χ0n) is 10.5. The van der Waals surface area contributed by atoms with E-state index >= 15 is 0 Å². The lowest BCUT2D eigenvalue weighted by atomic mass is 10.6. The van der Waals surface area contributed by atoms with Gasteiger partial charge in [0.25, 0.3) is 0 Å². The first-order chi connectivity index (χ1) is 8.28. The second-order valence-electron chi connectivity index (χ2n) is 3.80. The fourth-order valence-electron chi connectivity index (χ4n) is 1.07.